The summed E-state index contributed by atoms with van der Waals surface area (Å²) in [5.41, 5.74) is 1.36. The lowest BCUT2D eigenvalue weighted by molar-refractivity contribution is -0.130. The molecule has 0 unspecified atom stereocenters. The number of carbonyl (C=O) groups is 1. The number of aliphatic imine (C=N–C) groups is 1. The number of hydrogen-bond donors (Lipinski definition) is 0. The smallest absolute Gasteiger partial charge is 0.359 e. The fourth-order valence-corrected chi connectivity index (χ4v) is 1.16. The Morgan fingerprint density at radius 2 is 2.00 bits per heavy atom. The Balaban J connectivity index is 2.26. The molecule has 1 aromatic rings. The molecule has 3 heteroatoms. The summed E-state index contributed by atoms with van der Waals surface area (Å²) in [6, 6.07) is 9.60. The maximum absolute atomic E-state index is 11.0. The highest BCUT2D eigenvalue weighted by Gasteiger charge is 2.18. The zero-order chi connectivity index (χ0) is 9.97. The van der Waals surface area contributed by atoms with Crippen LogP contribution in [-0.4, -0.2) is 11.7 Å². The highest BCUT2D eigenvalue weighted by molar-refractivity contribution is 6.37. The number of esters is 1. The number of cyclic esters (lactones) is 1. The minimum atomic E-state index is -0.368. The van der Waals surface area contributed by atoms with Crippen molar-refractivity contribution in [2.75, 3.05) is 0 Å². The van der Waals surface area contributed by atoms with Crippen molar-refractivity contribution in [3.63, 3.8) is 0 Å². The molecule has 0 radical (unpaired) electrons. The second-order valence-corrected chi connectivity index (χ2v) is 2.98. The molecule has 0 saturated heterocycles. The molecule has 0 N–H and O–H groups in total. The molecule has 0 atom stereocenters. The van der Waals surface area contributed by atoms with Crippen molar-refractivity contribution in [1.29, 1.82) is 0 Å². The topological polar surface area (TPSA) is 38.7 Å². The van der Waals surface area contributed by atoms with E-state index in [9.17, 15) is 4.79 Å². The largest absolute Gasteiger partial charge is 0.403 e. The van der Waals surface area contributed by atoms with Gasteiger partial charge in [0.05, 0.1) is 0 Å². The molecule has 0 saturated carbocycles. The number of hydrogen-bond acceptors (Lipinski definition) is 3. The van der Waals surface area contributed by atoms with E-state index in [0.29, 0.717) is 11.6 Å². The molecule has 0 aromatic heterocycles. The van der Waals surface area contributed by atoms with E-state index in [1.54, 1.807) is 13.0 Å². The first kappa shape index (κ1) is 8.69. The third-order valence-corrected chi connectivity index (χ3v) is 1.86. The molecule has 70 valence electrons. The highest BCUT2D eigenvalue weighted by atomic mass is 16.6. The first-order valence-electron chi connectivity index (χ1n) is 4.30. The second kappa shape index (κ2) is 3.46. The lowest BCUT2D eigenvalue weighted by atomic mass is 10.2. The summed E-state index contributed by atoms with van der Waals surface area (Å²) in [5, 5.41) is 0. The molecule has 2 rings (SSSR count). The van der Waals surface area contributed by atoms with Crippen LogP contribution in [0.25, 0.3) is 6.08 Å². The third-order valence-electron chi connectivity index (χ3n) is 1.86. The maximum atomic E-state index is 11.0. The lowest BCUT2D eigenvalue weighted by Crippen LogP contribution is -2.04. The van der Waals surface area contributed by atoms with Crippen LogP contribution in [0.1, 0.15) is 12.5 Å². The zero-order valence-electron chi connectivity index (χ0n) is 7.73. The summed E-state index contributed by atoms with van der Waals surface area (Å²) in [5.74, 6) is -0.00844. The van der Waals surface area contributed by atoms with Crippen molar-refractivity contribution >= 4 is 17.8 Å². The summed E-state index contributed by atoms with van der Waals surface area (Å²) < 4.78 is 4.90. The lowest BCUT2D eigenvalue weighted by Gasteiger charge is -1.94. The Kier molecular flexibility index (Phi) is 2.14. The van der Waals surface area contributed by atoms with Crippen LogP contribution in [0.3, 0.4) is 0 Å². The Labute approximate surface area is 81.7 Å². The quantitative estimate of drug-likeness (QED) is 0.631. The van der Waals surface area contributed by atoms with Crippen molar-refractivity contribution in [2.24, 2.45) is 4.99 Å². The number of nitrogens with zero attached hydrogens (tertiary/aromatic N) is 1. The van der Waals surface area contributed by atoms with Crippen LogP contribution in [0.15, 0.2) is 41.2 Å². The zero-order valence-corrected chi connectivity index (χ0v) is 7.73. The van der Waals surface area contributed by atoms with Crippen molar-refractivity contribution in [1.82, 2.24) is 0 Å². The first-order valence-corrected chi connectivity index (χ1v) is 4.30. The Hall–Kier alpha value is -1.90. The van der Waals surface area contributed by atoms with Gasteiger partial charge in [0, 0.05) is 6.08 Å². The standard InChI is InChI=1S/C11H9NO2/c1-8-11(13)14-10(12-8)7-9-5-3-2-4-6-9/h2-7H,1H3/b10-7+. The molecule has 1 aliphatic heterocycles. The van der Waals surface area contributed by atoms with Crippen LogP contribution < -0.4 is 0 Å². The normalized spacial score (nSPS) is 18.2. The Morgan fingerprint density at radius 1 is 1.29 bits per heavy atom. The predicted octanol–water partition coefficient (Wildman–Crippen LogP) is 2.00. The summed E-state index contributed by atoms with van der Waals surface area (Å²) in [4.78, 5) is 15.0. The van der Waals surface area contributed by atoms with Gasteiger partial charge in [0.25, 0.3) is 0 Å². The van der Waals surface area contributed by atoms with Gasteiger partial charge in [-0.2, -0.15) is 0 Å². The van der Waals surface area contributed by atoms with Crippen LogP contribution in [0.2, 0.25) is 0 Å². The second-order valence-electron chi connectivity index (χ2n) is 2.98. The van der Waals surface area contributed by atoms with Crippen molar-refractivity contribution in [3.05, 3.63) is 41.8 Å². The molecular weight excluding hydrogens is 178 g/mol. The van der Waals surface area contributed by atoms with E-state index in [1.165, 1.54) is 0 Å². The summed E-state index contributed by atoms with van der Waals surface area (Å²) >= 11 is 0. The van der Waals surface area contributed by atoms with Gasteiger partial charge in [0.15, 0.2) is 0 Å². The first-order chi connectivity index (χ1) is 6.75. The van der Waals surface area contributed by atoms with Crippen LogP contribution >= 0.6 is 0 Å². The van der Waals surface area contributed by atoms with Crippen molar-refractivity contribution < 1.29 is 9.53 Å². The average Bonchev–Trinajstić information content (AvgIpc) is 2.47. The van der Waals surface area contributed by atoms with E-state index in [1.807, 2.05) is 30.3 Å². The fraction of sp³-hybridized carbons (Fsp3) is 0.0909. The molecule has 0 fully saturated rings. The number of ether oxygens (including phenoxy) is 1. The molecule has 0 bridgehead atoms. The van der Waals surface area contributed by atoms with Gasteiger partial charge in [0.1, 0.15) is 5.71 Å². The average molecular weight is 187 g/mol. The third kappa shape index (κ3) is 1.71. The van der Waals surface area contributed by atoms with Gasteiger partial charge in [-0.1, -0.05) is 30.3 Å². The molecule has 0 aliphatic carbocycles. The molecule has 1 heterocycles. The summed E-state index contributed by atoms with van der Waals surface area (Å²) in [6.07, 6.45) is 1.73. The molecule has 14 heavy (non-hydrogen) atoms. The Morgan fingerprint density at radius 3 is 2.57 bits per heavy atom. The van der Waals surface area contributed by atoms with Gasteiger partial charge in [-0.25, -0.2) is 9.79 Å². The number of benzene rings is 1. The molecule has 1 aliphatic rings. The highest BCUT2D eigenvalue weighted by Crippen LogP contribution is 2.14. The van der Waals surface area contributed by atoms with Crippen molar-refractivity contribution in [3.8, 4) is 0 Å². The van der Waals surface area contributed by atoms with Gasteiger partial charge in [-0.05, 0) is 12.5 Å². The molecule has 0 amide bonds. The van der Waals surface area contributed by atoms with Crippen LogP contribution in [-0.2, 0) is 9.53 Å². The number of rotatable bonds is 1. The van der Waals surface area contributed by atoms with E-state index < -0.39 is 0 Å². The molecular formula is C11H9NO2. The van der Waals surface area contributed by atoms with E-state index in [-0.39, 0.29) is 5.97 Å². The van der Waals surface area contributed by atoms with Gasteiger partial charge in [-0.3, -0.25) is 0 Å². The van der Waals surface area contributed by atoms with E-state index in [0.717, 1.165) is 5.56 Å². The monoisotopic (exact) mass is 187 g/mol. The van der Waals surface area contributed by atoms with Crippen LogP contribution in [0.5, 0.6) is 0 Å². The summed E-state index contributed by atoms with van der Waals surface area (Å²) in [7, 11) is 0. The van der Waals surface area contributed by atoms with E-state index in [2.05, 4.69) is 4.99 Å². The Bertz CT molecular complexity index is 418. The maximum Gasteiger partial charge on any atom is 0.359 e. The SMILES string of the molecule is CC1=N/C(=C\c2ccccc2)OC1=O. The van der Waals surface area contributed by atoms with E-state index in [4.69, 9.17) is 4.74 Å². The van der Waals surface area contributed by atoms with Gasteiger partial charge in [-0.15, -0.1) is 0 Å². The summed E-state index contributed by atoms with van der Waals surface area (Å²) in [6.45, 7) is 1.63. The van der Waals surface area contributed by atoms with Gasteiger partial charge >= 0.3 is 5.97 Å². The van der Waals surface area contributed by atoms with Crippen LogP contribution in [0.4, 0.5) is 0 Å². The van der Waals surface area contributed by atoms with E-state index >= 15 is 0 Å². The minimum absolute atomic E-state index is 0.360. The predicted molar refractivity (Wildman–Crippen MR) is 53.6 cm³/mol. The fourth-order valence-electron chi connectivity index (χ4n) is 1.16. The van der Waals surface area contributed by atoms with Gasteiger partial charge in [0.2, 0.25) is 5.88 Å². The van der Waals surface area contributed by atoms with Crippen LogP contribution in [0, 0.1) is 0 Å². The molecule has 1 aromatic carbocycles. The molecule has 0 spiro atoms. The van der Waals surface area contributed by atoms with Crippen molar-refractivity contribution in [2.45, 2.75) is 6.92 Å². The number of carbonyl (C=O) groups excluding carboxylic acids is 1. The minimum Gasteiger partial charge on any atom is -0.403 e. The van der Waals surface area contributed by atoms with Gasteiger partial charge < -0.3 is 4.74 Å². The molecule has 3 nitrogen and oxygen atoms in total.